The highest BCUT2D eigenvalue weighted by atomic mass is 19.3. The first kappa shape index (κ1) is 13.5. The van der Waals surface area contributed by atoms with Crippen LogP contribution in [-0.4, -0.2) is 23.4 Å². The molecule has 0 aliphatic rings. The van der Waals surface area contributed by atoms with Gasteiger partial charge in [0, 0.05) is 13.2 Å². The topological polar surface area (TPSA) is 39.1 Å². The number of benzene rings is 1. The van der Waals surface area contributed by atoms with Crippen molar-refractivity contribution in [1.29, 1.82) is 0 Å². The molecule has 2 aromatic rings. The summed E-state index contributed by atoms with van der Waals surface area (Å²) in [5.74, 6) is 0.148. The number of nitrogens with one attached hydrogen (secondary N) is 1. The second kappa shape index (κ2) is 5.79. The van der Waals surface area contributed by atoms with Gasteiger partial charge in [-0.25, -0.2) is 0 Å². The van der Waals surface area contributed by atoms with E-state index < -0.39 is 6.61 Å². The van der Waals surface area contributed by atoms with Gasteiger partial charge in [-0.05, 0) is 30.8 Å². The van der Waals surface area contributed by atoms with Crippen LogP contribution in [0, 0.1) is 0 Å². The predicted octanol–water partition coefficient (Wildman–Crippen LogP) is 2.33. The Labute approximate surface area is 110 Å². The third-order valence-electron chi connectivity index (χ3n) is 2.76. The lowest BCUT2D eigenvalue weighted by Crippen LogP contribution is -2.18. The van der Waals surface area contributed by atoms with Crippen molar-refractivity contribution in [3.05, 3.63) is 47.8 Å². The Morgan fingerprint density at radius 1 is 1.21 bits per heavy atom. The predicted molar refractivity (Wildman–Crippen MR) is 67.2 cm³/mol. The van der Waals surface area contributed by atoms with Gasteiger partial charge in [0.2, 0.25) is 0 Å². The SMILES string of the molecule is CNC(c1ccc(OC(F)F)cc1)c1ccn(C)n1. The summed E-state index contributed by atoms with van der Waals surface area (Å²) < 4.78 is 30.2. The monoisotopic (exact) mass is 267 g/mol. The third kappa shape index (κ3) is 3.29. The van der Waals surface area contributed by atoms with Crippen LogP contribution in [0.15, 0.2) is 36.5 Å². The molecule has 0 fully saturated rings. The van der Waals surface area contributed by atoms with E-state index in [9.17, 15) is 8.78 Å². The van der Waals surface area contributed by atoms with Crippen LogP contribution in [0.1, 0.15) is 17.3 Å². The minimum Gasteiger partial charge on any atom is -0.435 e. The van der Waals surface area contributed by atoms with Crippen molar-refractivity contribution in [3.63, 3.8) is 0 Å². The molecule has 0 aliphatic carbocycles. The molecule has 0 spiro atoms. The quantitative estimate of drug-likeness (QED) is 0.903. The van der Waals surface area contributed by atoms with E-state index >= 15 is 0 Å². The molecular weight excluding hydrogens is 252 g/mol. The van der Waals surface area contributed by atoms with Gasteiger partial charge in [0.15, 0.2) is 0 Å². The molecule has 1 N–H and O–H groups in total. The maximum absolute atomic E-state index is 12.1. The lowest BCUT2D eigenvalue weighted by molar-refractivity contribution is -0.0498. The Hall–Kier alpha value is -1.95. The minimum absolute atomic E-state index is 0.0817. The molecule has 0 bridgehead atoms. The highest BCUT2D eigenvalue weighted by molar-refractivity contribution is 5.33. The Morgan fingerprint density at radius 3 is 2.37 bits per heavy atom. The van der Waals surface area contributed by atoms with Gasteiger partial charge in [-0.2, -0.15) is 13.9 Å². The Kier molecular flexibility index (Phi) is 4.11. The number of nitrogens with zero attached hydrogens (tertiary/aromatic N) is 2. The highest BCUT2D eigenvalue weighted by Crippen LogP contribution is 2.23. The average molecular weight is 267 g/mol. The van der Waals surface area contributed by atoms with E-state index in [-0.39, 0.29) is 11.8 Å². The molecule has 0 amide bonds. The summed E-state index contributed by atoms with van der Waals surface area (Å²) in [4.78, 5) is 0. The summed E-state index contributed by atoms with van der Waals surface area (Å²) in [7, 11) is 3.67. The lowest BCUT2D eigenvalue weighted by atomic mass is 10.0. The number of aryl methyl sites for hydroxylation is 1. The number of halogens is 2. The highest BCUT2D eigenvalue weighted by Gasteiger charge is 2.14. The second-order valence-corrected chi connectivity index (χ2v) is 4.08. The molecule has 0 saturated heterocycles. The normalized spacial score (nSPS) is 12.7. The molecule has 1 aromatic heterocycles. The first-order valence-corrected chi connectivity index (χ1v) is 5.81. The number of aromatic nitrogens is 2. The summed E-state index contributed by atoms with van der Waals surface area (Å²) in [6, 6.07) is 8.36. The van der Waals surface area contributed by atoms with Crippen molar-refractivity contribution >= 4 is 0 Å². The van der Waals surface area contributed by atoms with Crippen LogP contribution in [0.2, 0.25) is 0 Å². The molecule has 102 valence electrons. The largest absolute Gasteiger partial charge is 0.435 e. The van der Waals surface area contributed by atoms with Crippen LogP contribution in [0.3, 0.4) is 0 Å². The summed E-state index contributed by atoms with van der Waals surface area (Å²) in [5, 5.41) is 7.48. The summed E-state index contributed by atoms with van der Waals surface area (Å²) >= 11 is 0. The standard InChI is InChI=1S/C13H15F2N3O/c1-16-12(11-7-8-18(2)17-11)9-3-5-10(6-4-9)19-13(14)15/h3-8,12-13,16H,1-2H3. The van der Waals surface area contributed by atoms with Crippen molar-refractivity contribution in [3.8, 4) is 5.75 Å². The molecule has 1 aromatic carbocycles. The molecule has 1 unspecified atom stereocenters. The van der Waals surface area contributed by atoms with E-state index in [4.69, 9.17) is 0 Å². The molecule has 0 radical (unpaired) electrons. The Morgan fingerprint density at radius 2 is 1.89 bits per heavy atom. The van der Waals surface area contributed by atoms with Gasteiger partial charge >= 0.3 is 6.61 Å². The van der Waals surface area contributed by atoms with Crippen molar-refractivity contribution in [2.75, 3.05) is 7.05 Å². The average Bonchev–Trinajstić information content (AvgIpc) is 2.78. The van der Waals surface area contributed by atoms with Crippen LogP contribution < -0.4 is 10.1 Å². The maximum atomic E-state index is 12.1. The second-order valence-electron chi connectivity index (χ2n) is 4.08. The van der Waals surface area contributed by atoms with Crippen molar-refractivity contribution in [2.24, 2.45) is 7.05 Å². The molecule has 4 nitrogen and oxygen atoms in total. The van der Waals surface area contributed by atoms with Crippen molar-refractivity contribution in [1.82, 2.24) is 15.1 Å². The van der Waals surface area contributed by atoms with Crippen LogP contribution >= 0.6 is 0 Å². The van der Waals surface area contributed by atoms with Crippen LogP contribution in [-0.2, 0) is 7.05 Å². The smallest absolute Gasteiger partial charge is 0.387 e. The number of hydrogen-bond donors (Lipinski definition) is 1. The lowest BCUT2D eigenvalue weighted by Gasteiger charge is -2.15. The number of ether oxygens (including phenoxy) is 1. The van der Waals surface area contributed by atoms with E-state index in [0.717, 1.165) is 11.3 Å². The van der Waals surface area contributed by atoms with Gasteiger partial charge in [-0.1, -0.05) is 12.1 Å². The first-order chi connectivity index (χ1) is 9.10. The van der Waals surface area contributed by atoms with Gasteiger partial charge in [0.1, 0.15) is 5.75 Å². The fourth-order valence-corrected chi connectivity index (χ4v) is 1.91. The Bertz CT molecular complexity index is 525. The molecule has 6 heteroatoms. The maximum Gasteiger partial charge on any atom is 0.387 e. The number of alkyl halides is 2. The van der Waals surface area contributed by atoms with Gasteiger partial charge in [-0.15, -0.1) is 0 Å². The third-order valence-corrected chi connectivity index (χ3v) is 2.76. The molecular formula is C13H15F2N3O. The fourth-order valence-electron chi connectivity index (χ4n) is 1.91. The zero-order chi connectivity index (χ0) is 13.8. The van der Waals surface area contributed by atoms with Gasteiger partial charge in [-0.3, -0.25) is 4.68 Å². The Balaban J connectivity index is 2.19. The van der Waals surface area contributed by atoms with Crippen LogP contribution in [0.25, 0.3) is 0 Å². The van der Waals surface area contributed by atoms with Gasteiger partial charge in [0.05, 0.1) is 11.7 Å². The van der Waals surface area contributed by atoms with Gasteiger partial charge in [0.25, 0.3) is 0 Å². The summed E-state index contributed by atoms with van der Waals surface area (Å²) in [6.07, 6.45) is 1.86. The van der Waals surface area contributed by atoms with E-state index in [2.05, 4.69) is 15.2 Å². The minimum atomic E-state index is -2.80. The summed E-state index contributed by atoms with van der Waals surface area (Å²) in [5.41, 5.74) is 1.80. The molecule has 0 saturated carbocycles. The first-order valence-electron chi connectivity index (χ1n) is 5.81. The van der Waals surface area contributed by atoms with E-state index in [1.165, 1.54) is 12.1 Å². The van der Waals surface area contributed by atoms with Crippen molar-refractivity contribution < 1.29 is 13.5 Å². The van der Waals surface area contributed by atoms with Crippen LogP contribution in [0.4, 0.5) is 8.78 Å². The molecule has 1 heterocycles. The van der Waals surface area contributed by atoms with Crippen molar-refractivity contribution in [2.45, 2.75) is 12.7 Å². The molecule has 1 atom stereocenters. The molecule has 2 rings (SSSR count). The zero-order valence-corrected chi connectivity index (χ0v) is 10.7. The summed E-state index contributed by atoms with van der Waals surface area (Å²) in [6.45, 7) is -2.80. The zero-order valence-electron chi connectivity index (χ0n) is 10.7. The van der Waals surface area contributed by atoms with E-state index in [1.807, 2.05) is 26.4 Å². The number of rotatable bonds is 5. The molecule has 0 aliphatic heterocycles. The van der Waals surface area contributed by atoms with Crippen LogP contribution in [0.5, 0.6) is 5.75 Å². The molecule has 19 heavy (non-hydrogen) atoms. The number of hydrogen-bond acceptors (Lipinski definition) is 3. The van der Waals surface area contributed by atoms with E-state index in [0.29, 0.717) is 0 Å². The van der Waals surface area contributed by atoms with Gasteiger partial charge < -0.3 is 10.1 Å². The van der Waals surface area contributed by atoms with E-state index in [1.54, 1.807) is 16.8 Å². The fraction of sp³-hybridized carbons (Fsp3) is 0.308.